The van der Waals surface area contributed by atoms with Crippen LogP contribution in [-0.2, 0) is 23.9 Å². The van der Waals surface area contributed by atoms with Gasteiger partial charge in [0.15, 0.2) is 11.9 Å². The predicted molar refractivity (Wildman–Crippen MR) is 90.9 cm³/mol. The van der Waals surface area contributed by atoms with Crippen molar-refractivity contribution < 1.29 is 29.0 Å². The highest BCUT2D eigenvalue weighted by atomic mass is 16.6. The van der Waals surface area contributed by atoms with Crippen LogP contribution in [0.1, 0.15) is 59.3 Å². The number of carbonyl (C=O) groups is 3. The standard InChI is InChI=1S/C20H26O6/c1-11-12(5-8-20(24)9-13(21)25-10-20)18(2)6-4-7-19(3)16(18)15(14(11)22)26-17(19)23/h15-16,24H,4-10H2,1-3H3/t15-,16-,18-,19+,20?/m1/s1. The summed E-state index contributed by atoms with van der Waals surface area (Å²) in [7, 11) is 0. The van der Waals surface area contributed by atoms with Crippen molar-refractivity contribution in [3.8, 4) is 0 Å². The third-order valence-corrected chi connectivity index (χ3v) is 7.35. The molecule has 2 aliphatic carbocycles. The van der Waals surface area contributed by atoms with E-state index in [1.54, 1.807) is 6.92 Å². The van der Waals surface area contributed by atoms with E-state index in [4.69, 9.17) is 9.47 Å². The van der Waals surface area contributed by atoms with E-state index in [1.165, 1.54) is 0 Å². The van der Waals surface area contributed by atoms with Crippen molar-refractivity contribution in [3.05, 3.63) is 11.1 Å². The van der Waals surface area contributed by atoms with Crippen molar-refractivity contribution in [2.75, 3.05) is 6.61 Å². The zero-order valence-electron chi connectivity index (χ0n) is 15.6. The van der Waals surface area contributed by atoms with Crippen LogP contribution >= 0.6 is 0 Å². The summed E-state index contributed by atoms with van der Waals surface area (Å²) in [6, 6.07) is 0. The number of aliphatic hydroxyl groups is 1. The van der Waals surface area contributed by atoms with E-state index >= 15 is 0 Å². The van der Waals surface area contributed by atoms with E-state index in [-0.39, 0.29) is 42.1 Å². The Labute approximate surface area is 152 Å². The number of hydrogen-bond donors (Lipinski definition) is 1. The molecular weight excluding hydrogens is 336 g/mol. The maximum atomic E-state index is 12.9. The molecule has 142 valence electrons. The zero-order valence-corrected chi connectivity index (χ0v) is 15.6. The van der Waals surface area contributed by atoms with E-state index < -0.39 is 17.1 Å². The second-order valence-electron chi connectivity index (χ2n) is 9.02. The lowest BCUT2D eigenvalue weighted by molar-refractivity contribution is -0.151. The molecule has 1 N–H and O–H groups in total. The number of ketones is 1. The van der Waals surface area contributed by atoms with Crippen LogP contribution in [0.15, 0.2) is 11.1 Å². The number of hydrogen-bond acceptors (Lipinski definition) is 6. The molecule has 0 spiro atoms. The van der Waals surface area contributed by atoms with E-state index in [2.05, 4.69) is 6.92 Å². The van der Waals surface area contributed by atoms with Crippen molar-refractivity contribution in [1.82, 2.24) is 0 Å². The SMILES string of the molecule is CC1=C(CCC2(O)COC(=O)C2)[C@@]2(C)CCC[C@]3(C)C(=O)O[C@H](C1=O)[C@@H]32. The monoisotopic (exact) mass is 362 g/mol. The number of carbonyl (C=O) groups excluding carboxylic acids is 3. The normalized spacial score (nSPS) is 44.8. The van der Waals surface area contributed by atoms with Crippen LogP contribution in [0.5, 0.6) is 0 Å². The number of Topliss-reactive ketones (excluding diaryl/α,β-unsaturated/α-hetero) is 1. The highest BCUT2D eigenvalue weighted by Gasteiger charge is 2.67. The van der Waals surface area contributed by atoms with Gasteiger partial charge in [-0.3, -0.25) is 14.4 Å². The first-order chi connectivity index (χ1) is 12.1. The van der Waals surface area contributed by atoms with E-state index in [9.17, 15) is 19.5 Å². The molecule has 4 aliphatic rings. The van der Waals surface area contributed by atoms with Gasteiger partial charge in [-0.1, -0.05) is 18.9 Å². The predicted octanol–water partition coefficient (Wildman–Crippen LogP) is 2.08. The lowest BCUT2D eigenvalue weighted by Gasteiger charge is -2.51. The van der Waals surface area contributed by atoms with Gasteiger partial charge in [-0.05, 0) is 50.5 Å². The third-order valence-electron chi connectivity index (χ3n) is 7.35. The summed E-state index contributed by atoms with van der Waals surface area (Å²) < 4.78 is 10.5. The first kappa shape index (κ1) is 17.7. The number of allylic oxidation sites excluding steroid dienone is 1. The quantitative estimate of drug-likeness (QED) is 0.773. The molecule has 0 aromatic heterocycles. The van der Waals surface area contributed by atoms with Crippen molar-refractivity contribution >= 4 is 17.7 Å². The molecule has 26 heavy (non-hydrogen) atoms. The van der Waals surface area contributed by atoms with Gasteiger partial charge in [0.2, 0.25) is 0 Å². The largest absolute Gasteiger partial charge is 0.463 e. The summed E-state index contributed by atoms with van der Waals surface area (Å²) in [4.78, 5) is 36.9. The minimum atomic E-state index is -1.17. The average Bonchev–Trinajstić information content (AvgIpc) is 3.04. The van der Waals surface area contributed by atoms with Gasteiger partial charge < -0.3 is 14.6 Å². The molecule has 6 nitrogen and oxygen atoms in total. The van der Waals surface area contributed by atoms with Crippen LogP contribution in [-0.4, -0.2) is 41.1 Å². The van der Waals surface area contributed by atoms with Gasteiger partial charge in [0, 0.05) is 5.92 Å². The van der Waals surface area contributed by atoms with Gasteiger partial charge >= 0.3 is 11.9 Å². The Kier molecular flexibility index (Phi) is 3.69. The average molecular weight is 362 g/mol. The summed E-state index contributed by atoms with van der Waals surface area (Å²) >= 11 is 0. The molecule has 0 amide bonds. The summed E-state index contributed by atoms with van der Waals surface area (Å²) in [6.07, 6.45) is 2.76. The Bertz CT molecular complexity index is 739. The molecule has 0 aromatic rings. The topological polar surface area (TPSA) is 89.9 Å². The molecule has 2 heterocycles. The molecule has 0 aromatic carbocycles. The van der Waals surface area contributed by atoms with Crippen LogP contribution in [0.2, 0.25) is 0 Å². The Morgan fingerprint density at radius 3 is 2.50 bits per heavy atom. The molecule has 0 bridgehead atoms. The molecule has 0 radical (unpaired) electrons. The summed E-state index contributed by atoms with van der Waals surface area (Å²) in [5.74, 6) is -0.899. The van der Waals surface area contributed by atoms with Crippen LogP contribution < -0.4 is 0 Å². The van der Waals surface area contributed by atoms with Gasteiger partial charge in [0.05, 0.1) is 11.8 Å². The number of cyclic esters (lactones) is 1. The second kappa shape index (κ2) is 5.41. The van der Waals surface area contributed by atoms with Crippen LogP contribution in [0.4, 0.5) is 0 Å². The Hall–Kier alpha value is -1.69. The highest BCUT2D eigenvalue weighted by Crippen LogP contribution is 2.63. The lowest BCUT2D eigenvalue weighted by atomic mass is 9.49. The smallest absolute Gasteiger partial charge is 0.313 e. The van der Waals surface area contributed by atoms with Gasteiger partial charge in [-0.25, -0.2) is 0 Å². The van der Waals surface area contributed by atoms with Gasteiger partial charge in [0.25, 0.3) is 0 Å². The Morgan fingerprint density at radius 2 is 1.85 bits per heavy atom. The number of ether oxygens (including phenoxy) is 2. The van der Waals surface area contributed by atoms with E-state index in [1.807, 2.05) is 6.92 Å². The maximum Gasteiger partial charge on any atom is 0.313 e. The third kappa shape index (κ3) is 2.24. The highest BCUT2D eigenvalue weighted by molar-refractivity contribution is 6.04. The van der Waals surface area contributed by atoms with Crippen molar-refractivity contribution in [3.63, 3.8) is 0 Å². The van der Waals surface area contributed by atoms with Gasteiger partial charge in [-0.2, -0.15) is 0 Å². The fourth-order valence-corrected chi connectivity index (χ4v) is 5.96. The minimum absolute atomic E-state index is 0.00461. The summed E-state index contributed by atoms with van der Waals surface area (Å²) in [6.45, 7) is 5.88. The van der Waals surface area contributed by atoms with Gasteiger partial charge in [-0.15, -0.1) is 0 Å². The van der Waals surface area contributed by atoms with Crippen LogP contribution in [0.3, 0.4) is 0 Å². The molecule has 1 saturated carbocycles. The van der Waals surface area contributed by atoms with Crippen LogP contribution in [0, 0.1) is 16.7 Å². The summed E-state index contributed by atoms with van der Waals surface area (Å²) in [5, 5.41) is 10.6. The second-order valence-corrected chi connectivity index (χ2v) is 9.02. The van der Waals surface area contributed by atoms with Crippen molar-refractivity contribution in [2.24, 2.45) is 16.7 Å². The number of esters is 2. The minimum Gasteiger partial charge on any atom is -0.463 e. The van der Waals surface area contributed by atoms with Crippen LogP contribution in [0.25, 0.3) is 0 Å². The van der Waals surface area contributed by atoms with E-state index in [0.717, 1.165) is 24.8 Å². The first-order valence-electron chi connectivity index (χ1n) is 9.44. The number of rotatable bonds is 3. The molecule has 5 atom stereocenters. The Morgan fingerprint density at radius 1 is 1.15 bits per heavy atom. The molecular formula is C20H26O6. The first-order valence-corrected chi connectivity index (χ1v) is 9.44. The fourth-order valence-electron chi connectivity index (χ4n) is 5.96. The molecule has 2 aliphatic heterocycles. The van der Waals surface area contributed by atoms with Gasteiger partial charge in [0.1, 0.15) is 12.2 Å². The molecule has 3 fully saturated rings. The zero-order chi connectivity index (χ0) is 18.9. The van der Waals surface area contributed by atoms with Crippen molar-refractivity contribution in [1.29, 1.82) is 0 Å². The lowest BCUT2D eigenvalue weighted by Crippen LogP contribution is -2.53. The molecule has 1 unspecified atom stereocenters. The maximum absolute atomic E-state index is 12.9. The molecule has 6 heteroatoms. The Balaban J connectivity index is 1.69. The summed E-state index contributed by atoms with van der Waals surface area (Å²) in [5.41, 5.74) is -0.424. The fraction of sp³-hybridized carbons (Fsp3) is 0.750. The molecule has 4 rings (SSSR count). The van der Waals surface area contributed by atoms with Crippen molar-refractivity contribution in [2.45, 2.75) is 71.0 Å². The van der Waals surface area contributed by atoms with E-state index in [0.29, 0.717) is 18.4 Å². The molecule has 2 saturated heterocycles.